The molecule has 0 unspecified atom stereocenters. The summed E-state index contributed by atoms with van der Waals surface area (Å²) >= 11 is 1.26. The quantitative estimate of drug-likeness (QED) is 0.768. The van der Waals surface area contributed by atoms with E-state index in [1.54, 1.807) is 10.4 Å². The van der Waals surface area contributed by atoms with Crippen LogP contribution in [0.2, 0.25) is 0 Å². The third-order valence-corrected chi connectivity index (χ3v) is 8.60. The van der Waals surface area contributed by atoms with Gasteiger partial charge in [0.1, 0.15) is 5.82 Å². The fraction of sp³-hybridized carbons (Fsp3) is 0.600. The molecule has 1 amide bonds. The van der Waals surface area contributed by atoms with Gasteiger partial charge in [0.05, 0.1) is 23.0 Å². The molecule has 4 rings (SSSR count). The van der Waals surface area contributed by atoms with Crippen molar-refractivity contribution in [2.24, 2.45) is 5.41 Å². The lowest BCUT2D eigenvalue weighted by atomic mass is 9.74. The Balaban J connectivity index is 1.34. The first-order valence-electron chi connectivity index (χ1n) is 10.0. The Morgan fingerprint density at radius 1 is 1.30 bits per heavy atom. The predicted octanol–water partition coefficient (Wildman–Crippen LogP) is 2.90. The number of nitrogens with zero attached hydrogens (tertiary/aromatic N) is 3. The third-order valence-electron chi connectivity index (χ3n) is 6.24. The predicted molar refractivity (Wildman–Crippen MR) is 117 cm³/mol. The fourth-order valence-corrected chi connectivity index (χ4v) is 7.36. The van der Waals surface area contributed by atoms with Crippen molar-refractivity contribution >= 4 is 42.6 Å². The van der Waals surface area contributed by atoms with Gasteiger partial charge in [-0.05, 0) is 69.8 Å². The van der Waals surface area contributed by atoms with E-state index in [2.05, 4.69) is 15.2 Å². The van der Waals surface area contributed by atoms with Crippen LogP contribution in [0, 0.1) is 11.2 Å². The first-order chi connectivity index (χ1) is 14.0. The number of likely N-dealkylation sites (tertiary alicyclic amines) is 1. The van der Waals surface area contributed by atoms with Crippen LogP contribution in [0.25, 0.3) is 10.2 Å². The molecule has 30 heavy (non-hydrogen) atoms. The van der Waals surface area contributed by atoms with Crippen molar-refractivity contribution in [1.82, 2.24) is 14.2 Å². The molecule has 0 radical (unpaired) electrons. The van der Waals surface area contributed by atoms with E-state index in [0.717, 1.165) is 32.4 Å². The van der Waals surface area contributed by atoms with Crippen molar-refractivity contribution in [2.75, 3.05) is 37.8 Å². The standard InChI is InChI=1S/C20H27FN4O3S2/c1-19(2)12-20(13-25(19)30(3,27)28)6-8-24(9-7-20)11-17(26)23-18-22-15-5-4-14(21)10-16(15)29-18/h4-5,10H,6-9,11-13H2,1-3H3,(H,22,23,26). The molecule has 2 fully saturated rings. The molecular weight excluding hydrogens is 427 g/mol. The summed E-state index contributed by atoms with van der Waals surface area (Å²) in [4.78, 5) is 18.9. The van der Waals surface area contributed by atoms with Crippen LogP contribution < -0.4 is 5.32 Å². The average Bonchev–Trinajstić information content (AvgIpc) is 3.13. The Hall–Kier alpha value is -1.62. The van der Waals surface area contributed by atoms with Gasteiger partial charge in [0.2, 0.25) is 15.9 Å². The van der Waals surface area contributed by atoms with Crippen LogP contribution >= 0.6 is 11.3 Å². The number of amides is 1. The average molecular weight is 455 g/mol. The molecular formula is C20H27FN4O3S2. The van der Waals surface area contributed by atoms with Crippen LogP contribution in [0.5, 0.6) is 0 Å². The number of piperidine rings is 1. The summed E-state index contributed by atoms with van der Waals surface area (Å²) in [5.74, 6) is -0.467. The van der Waals surface area contributed by atoms with Crippen LogP contribution in [-0.2, 0) is 14.8 Å². The Bertz CT molecular complexity index is 1070. The van der Waals surface area contributed by atoms with Gasteiger partial charge in [0, 0.05) is 12.1 Å². The number of sulfonamides is 1. The molecule has 10 heteroatoms. The summed E-state index contributed by atoms with van der Waals surface area (Å²) in [6.07, 6.45) is 3.87. The lowest BCUT2D eigenvalue weighted by Gasteiger charge is -2.39. The van der Waals surface area contributed by atoms with Gasteiger partial charge in [-0.3, -0.25) is 9.69 Å². The number of thiazole rings is 1. The first-order valence-corrected chi connectivity index (χ1v) is 12.7. The van der Waals surface area contributed by atoms with Crippen molar-refractivity contribution in [1.29, 1.82) is 0 Å². The second-order valence-corrected chi connectivity index (χ2v) is 12.2. The molecule has 1 aromatic carbocycles. The molecule has 7 nitrogen and oxygen atoms in total. The molecule has 164 valence electrons. The minimum Gasteiger partial charge on any atom is -0.301 e. The summed E-state index contributed by atoms with van der Waals surface area (Å²) < 4.78 is 40.0. The van der Waals surface area contributed by atoms with Crippen LogP contribution in [0.15, 0.2) is 18.2 Å². The summed E-state index contributed by atoms with van der Waals surface area (Å²) in [5.41, 5.74) is 0.270. The summed E-state index contributed by atoms with van der Waals surface area (Å²) in [5, 5.41) is 3.28. The van der Waals surface area contributed by atoms with Gasteiger partial charge in [0.25, 0.3) is 0 Å². The summed E-state index contributed by atoms with van der Waals surface area (Å²) in [7, 11) is -3.24. The normalized spacial score (nSPS) is 22.0. The molecule has 1 spiro atoms. The van der Waals surface area contributed by atoms with Gasteiger partial charge < -0.3 is 5.32 Å². The minimum atomic E-state index is -3.24. The number of carbonyl (C=O) groups is 1. The van der Waals surface area contributed by atoms with E-state index < -0.39 is 10.0 Å². The van der Waals surface area contributed by atoms with Crippen molar-refractivity contribution in [3.05, 3.63) is 24.0 Å². The summed E-state index contributed by atoms with van der Waals surface area (Å²) in [6, 6.07) is 4.37. The molecule has 0 atom stereocenters. The van der Waals surface area contributed by atoms with Crippen LogP contribution in [0.3, 0.4) is 0 Å². The fourth-order valence-electron chi connectivity index (χ4n) is 4.98. The molecule has 0 aliphatic carbocycles. The number of anilines is 1. The monoisotopic (exact) mass is 454 g/mol. The maximum absolute atomic E-state index is 13.3. The van der Waals surface area contributed by atoms with E-state index in [1.165, 1.54) is 29.7 Å². The van der Waals surface area contributed by atoms with Gasteiger partial charge in [-0.2, -0.15) is 4.31 Å². The molecule has 1 aromatic heterocycles. The van der Waals surface area contributed by atoms with E-state index >= 15 is 0 Å². The number of rotatable bonds is 4. The van der Waals surface area contributed by atoms with Gasteiger partial charge in [-0.1, -0.05) is 11.3 Å². The highest BCUT2D eigenvalue weighted by molar-refractivity contribution is 7.88. The number of benzene rings is 1. The van der Waals surface area contributed by atoms with E-state index in [4.69, 9.17) is 0 Å². The minimum absolute atomic E-state index is 0.0172. The number of halogens is 1. The number of fused-ring (bicyclic) bond motifs is 1. The van der Waals surface area contributed by atoms with Crippen molar-refractivity contribution in [3.8, 4) is 0 Å². The number of hydrogen-bond acceptors (Lipinski definition) is 6. The van der Waals surface area contributed by atoms with Gasteiger partial charge in [0.15, 0.2) is 5.13 Å². The van der Waals surface area contributed by atoms with Crippen LogP contribution in [-0.4, -0.2) is 66.5 Å². The second kappa shape index (κ2) is 7.51. The molecule has 0 bridgehead atoms. The van der Waals surface area contributed by atoms with E-state index in [9.17, 15) is 17.6 Å². The van der Waals surface area contributed by atoms with Crippen molar-refractivity contribution < 1.29 is 17.6 Å². The summed E-state index contributed by atoms with van der Waals surface area (Å²) in [6.45, 7) is 6.32. The van der Waals surface area contributed by atoms with Crippen molar-refractivity contribution in [3.63, 3.8) is 0 Å². The Kier molecular flexibility index (Phi) is 5.41. The maximum atomic E-state index is 13.3. The largest absolute Gasteiger partial charge is 0.301 e. The van der Waals surface area contributed by atoms with Gasteiger partial charge in [-0.15, -0.1) is 0 Å². The Labute approximate surface area is 180 Å². The maximum Gasteiger partial charge on any atom is 0.240 e. The number of aromatic nitrogens is 1. The Morgan fingerprint density at radius 3 is 2.63 bits per heavy atom. The third kappa shape index (κ3) is 4.37. The topological polar surface area (TPSA) is 82.6 Å². The van der Waals surface area contributed by atoms with Crippen LogP contribution in [0.1, 0.15) is 33.1 Å². The lowest BCUT2D eigenvalue weighted by Crippen LogP contribution is -2.45. The van der Waals surface area contributed by atoms with Crippen LogP contribution in [0.4, 0.5) is 9.52 Å². The molecule has 2 aliphatic heterocycles. The molecule has 2 aromatic rings. The van der Waals surface area contributed by atoms with Crippen molar-refractivity contribution in [2.45, 2.75) is 38.6 Å². The molecule has 0 saturated carbocycles. The highest BCUT2D eigenvalue weighted by Gasteiger charge is 2.52. The Morgan fingerprint density at radius 2 is 2.00 bits per heavy atom. The zero-order valence-corrected chi connectivity index (χ0v) is 19.1. The molecule has 2 aliphatic rings. The van der Waals surface area contributed by atoms with E-state index in [0.29, 0.717) is 21.9 Å². The number of hydrogen-bond donors (Lipinski definition) is 1. The van der Waals surface area contributed by atoms with E-state index in [1.807, 2.05) is 13.8 Å². The second-order valence-electron chi connectivity index (χ2n) is 9.21. The smallest absolute Gasteiger partial charge is 0.240 e. The number of carbonyl (C=O) groups excluding carboxylic acids is 1. The zero-order chi connectivity index (χ0) is 21.7. The SMILES string of the molecule is CC1(C)CC2(CCN(CC(=O)Nc3nc4ccc(F)cc4s3)CC2)CN1S(C)(=O)=O. The molecule has 1 N–H and O–H groups in total. The number of nitrogens with one attached hydrogen (secondary N) is 1. The zero-order valence-electron chi connectivity index (χ0n) is 17.4. The molecule has 3 heterocycles. The van der Waals surface area contributed by atoms with Gasteiger partial charge >= 0.3 is 0 Å². The van der Waals surface area contributed by atoms with E-state index in [-0.39, 0.29) is 29.2 Å². The highest BCUT2D eigenvalue weighted by atomic mass is 32.2. The first kappa shape index (κ1) is 21.6. The lowest BCUT2D eigenvalue weighted by molar-refractivity contribution is -0.117. The van der Waals surface area contributed by atoms with Gasteiger partial charge in [-0.25, -0.2) is 17.8 Å². The molecule has 2 saturated heterocycles. The highest BCUT2D eigenvalue weighted by Crippen LogP contribution is 2.48.